The summed E-state index contributed by atoms with van der Waals surface area (Å²) in [5.74, 6) is 2.12. The number of hydrogen-bond donors (Lipinski definition) is 2. The van der Waals surface area contributed by atoms with E-state index in [1.54, 1.807) is 18.0 Å². The Hall–Kier alpha value is -2.90. The summed E-state index contributed by atoms with van der Waals surface area (Å²) < 4.78 is 1.90. The Labute approximate surface area is 164 Å². The quantitative estimate of drug-likeness (QED) is 0.851. The third kappa shape index (κ3) is 3.58. The van der Waals surface area contributed by atoms with Gasteiger partial charge in [-0.3, -0.25) is 4.79 Å². The van der Waals surface area contributed by atoms with Gasteiger partial charge in [0.25, 0.3) is 5.91 Å². The maximum Gasteiger partial charge on any atom is 0.319 e. The van der Waals surface area contributed by atoms with E-state index in [9.17, 15) is 9.59 Å². The molecule has 1 aromatic heterocycles. The average Bonchev–Trinajstić information content (AvgIpc) is 3.09. The number of likely N-dealkylation sites (N-methyl/N-ethyl adjacent to an activating group) is 1. The monoisotopic (exact) mass is 382 g/mol. The van der Waals surface area contributed by atoms with E-state index in [1.165, 1.54) is 0 Å². The molecule has 28 heavy (non-hydrogen) atoms. The molecule has 8 nitrogen and oxygen atoms in total. The van der Waals surface area contributed by atoms with Gasteiger partial charge in [0.05, 0.1) is 12.6 Å². The molecule has 0 bridgehead atoms. The largest absolute Gasteiger partial charge is 0.341 e. The summed E-state index contributed by atoms with van der Waals surface area (Å²) in [6, 6.07) is 5.26. The third-order valence-electron chi connectivity index (χ3n) is 5.39. The Morgan fingerprint density at radius 1 is 1.29 bits per heavy atom. The number of fused-ring (bicyclic) bond motifs is 2. The van der Waals surface area contributed by atoms with Crippen LogP contribution in [-0.4, -0.2) is 51.2 Å². The number of urea groups is 1. The molecule has 1 aromatic carbocycles. The van der Waals surface area contributed by atoms with Gasteiger partial charge in [0, 0.05) is 37.2 Å². The number of nitrogens with zero attached hydrogens (tertiary/aromatic N) is 4. The van der Waals surface area contributed by atoms with Gasteiger partial charge in [-0.15, -0.1) is 0 Å². The van der Waals surface area contributed by atoms with Gasteiger partial charge in [-0.25, -0.2) is 14.5 Å². The first kappa shape index (κ1) is 18.5. The molecule has 3 heterocycles. The molecule has 0 spiro atoms. The lowest BCUT2D eigenvalue weighted by molar-refractivity contribution is 0.0781. The van der Waals surface area contributed by atoms with Crippen LogP contribution in [0, 0.1) is 0 Å². The summed E-state index contributed by atoms with van der Waals surface area (Å²) in [6.07, 6.45) is 2.46. The van der Waals surface area contributed by atoms with Crippen molar-refractivity contribution in [3.8, 4) is 0 Å². The number of aryl methyl sites for hydroxylation is 1. The zero-order valence-corrected chi connectivity index (χ0v) is 16.5. The minimum atomic E-state index is -0.269. The molecule has 0 fully saturated rings. The summed E-state index contributed by atoms with van der Waals surface area (Å²) in [5.41, 5.74) is 2.32. The molecule has 0 radical (unpaired) electrons. The van der Waals surface area contributed by atoms with E-state index in [2.05, 4.69) is 34.6 Å². The van der Waals surface area contributed by atoms with Gasteiger partial charge >= 0.3 is 6.03 Å². The van der Waals surface area contributed by atoms with Crippen molar-refractivity contribution in [3.63, 3.8) is 0 Å². The van der Waals surface area contributed by atoms with Crippen LogP contribution in [0.15, 0.2) is 18.2 Å². The Morgan fingerprint density at radius 3 is 2.89 bits per heavy atom. The molecule has 2 aromatic rings. The van der Waals surface area contributed by atoms with Crippen LogP contribution in [0.4, 0.5) is 10.5 Å². The van der Waals surface area contributed by atoms with Crippen molar-refractivity contribution < 1.29 is 9.59 Å². The number of anilines is 1. The second-order valence-corrected chi connectivity index (χ2v) is 7.91. The Bertz CT molecular complexity index is 919. The molecule has 2 N–H and O–H groups in total. The molecular formula is C20H26N6O2. The highest BCUT2D eigenvalue weighted by molar-refractivity contribution is 5.99. The first-order chi connectivity index (χ1) is 13.4. The fraction of sp³-hybridized carbons (Fsp3) is 0.500. The molecule has 0 saturated carbocycles. The van der Waals surface area contributed by atoms with Gasteiger partial charge in [0.1, 0.15) is 5.82 Å². The topological polar surface area (TPSA) is 92.1 Å². The van der Waals surface area contributed by atoms with Crippen LogP contribution >= 0.6 is 0 Å². The van der Waals surface area contributed by atoms with E-state index >= 15 is 0 Å². The van der Waals surface area contributed by atoms with Crippen LogP contribution in [-0.2, 0) is 19.4 Å². The van der Waals surface area contributed by atoms with Crippen molar-refractivity contribution in [2.45, 2.75) is 51.6 Å². The van der Waals surface area contributed by atoms with E-state index in [4.69, 9.17) is 0 Å². The summed E-state index contributed by atoms with van der Waals surface area (Å²) >= 11 is 0. The molecule has 2 aliphatic rings. The number of carbonyl (C=O) groups is 2. The lowest BCUT2D eigenvalue weighted by Crippen LogP contribution is -2.43. The maximum atomic E-state index is 12.5. The van der Waals surface area contributed by atoms with Gasteiger partial charge in [-0.1, -0.05) is 19.9 Å². The molecular weight excluding hydrogens is 356 g/mol. The molecule has 2 aliphatic heterocycles. The summed E-state index contributed by atoms with van der Waals surface area (Å²) in [4.78, 5) is 31.1. The zero-order chi connectivity index (χ0) is 19.8. The van der Waals surface area contributed by atoms with E-state index < -0.39 is 0 Å². The van der Waals surface area contributed by atoms with Crippen LogP contribution in [0.3, 0.4) is 0 Å². The lowest BCUT2D eigenvalue weighted by Gasteiger charge is -2.26. The number of hydrogen-bond acceptors (Lipinski definition) is 4. The van der Waals surface area contributed by atoms with Crippen LogP contribution in [0.5, 0.6) is 0 Å². The Balaban J connectivity index is 1.39. The second-order valence-electron chi connectivity index (χ2n) is 7.91. The normalized spacial score (nSPS) is 18.6. The predicted molar refractivity (Wildman–Crippen MR) is 105 cm³/mol. The highest BCUT2D eigenvalue weighted by Crippen LogP contribution is 2.22. The van der Waals surface area contributed by atoms with E-state index in [0.717, 1.165) is 43.0 Å². The summed E-state index contributed by atoms with van der Waals surface area (Å²) in [6.45, 7) is 5.50. The van der Waals surface area contributed by atoms with Gasteiger partial charge in [0.2, 0.25) is 0 Å². The van der Waals surface area contributed by atoms with Crippen LogP contribution in [0.2, 0.25) is 0 Å². The average molecular weight is 382 g/mol. The summed E-state index contributed by atoms with van der Waals surface area (Å²) in [7, 11) is 1.80. The molecule has 1 atom stereocenters. The van der Waals surface area contributed by atoms with Crippen molar-refractivity contribution in [2.75, 3.05) is 18.9 Å². The minimum Gasteiger partial charge on any atom is -0.341 e. The SMILES string of the molecule is CC(C)c1nc2n(n1)CC(NC(=O)Nc1ccc3c(c1)C(=O)N(C)CC3)CC2. The van der Waals surface area contributed by atoms with Crippen molar-refractivity contribution in [2.24, 2.45) is 0 Å². The van der Waals surface area contributed by atoms with Crippen molar-refractivity contribution in [3.05, 3.63) is 41.0 Å². The van der Waals surface area contributed by atoms with Gasteiger partial charge in [-0.2, -0.15) is 5.10 Å². The molecule has 0 aliphatic carbocycles. The fourth-order valence-electron chi connectivity index (χ4n) is 3.71. The van der Waals surface area contributed by atoms with Crippen LogP contribution < -0.4 is 10.6 Å². The predicted octanol–water partition coefficient (Wildman–Crippen LogP) is 2.17. The number of amides is 3. The Kier molecular flexibility index (Phi) is 4.78. The smallest absolute Gasteiger partial charge is 0.319 e. The first-order valence-corrected chi connectivity index (χ1v) is 9.80. The van der Waals surface area contributed by atoms with Gasteiger partial charge in [-0.05, 0) is 30.5 Å². The number of benzene rings is 1. The third-order valence-corrected chi connectivity index (χ3v) is 5.39. The molecule has 0 saturated heterocycles. The number of aromatic nitrogens is 3. The minimum absolute atomic E-state index is 0.000366. The van der Waals surface area contributed by atoms with Crippen LogP contribution in [0.25, 0.3) is 0 Å². The van der Waals surface area contributed by atoms with E-state index in [1.807, 2.05) is 16.8 Å². The molecule has 1 unspecified atom stereocenters. The highest BCUT2D eigenvalue weighted by atomic mass is 16.2. The fourth-order valence-corrected chi connectivity index (χ4v) is 3.71. The van der Waals surface area contributed by atoms with Gasteiger partial charge in [0.15, 0.2) is 5.82 Å². The zero-order valence-electron chi connectivity index (χ0n) is 16.5. The summed E-state index contributed by atoms with van der Waals surface area (Å²) in [5, 5.41) is 10.4. The van der Waals surface area contributed by atoms with Crippen molar-refractivity contribution in [1.29, 1.82) is 0 Å². The second kappa shape index (κ2) is 7.26. The van der Waals surface area contributed by atoms with Crippen LogP contribution in [0.1, 0.15) is 53.8 Å². The molecule has 148 valence electrons. The Morgan fingerprint density at radius 2 is 2.11 bits per heavy atom. The number of rotatable bonds is 3. The first-order valence-electron chi connectivity index (χ1n) is 9.80. The number of carbonyl (C=O) groups excluding carboxylic acids is 2. The van der Waals surface area contributed by atoms with E-state index in [0.29, 0.717) is 23.7 Å². The maximum absolute atomic E-state index is 12.5. The molecule has 4 rings (SSSR count). The van der Waals surface area contributed by atoms with Gasteiger partial charge < -0.3 is 15.5 Å². The number of nitrogens with one attached hydrogen (secondary N) is 2. The van der Waals surface area contributed by atoms with Crippen molar-refractivity contribution in [1.82, 2.24) is 25.0 Å². The highest BCUT2D eigenvalue weighted by Gasteiger charge is 2.25. The molecule has 3 amide bonds. The van der Waals surface area contributed by atoms with E-state index in [-0.39, 0.29) is 18.0 Å². The van der Waals surface area contributed by atoms with Crippen molar-refractivity contribution >= 4 is 17.6 Å². The standard InChI is InChI=1S/C20H26N6O2/c1-12(2)18-23-17-7-6-15(11-26(17)24-18)22-20(28)21-14-5-4-13-8-9-25(3)19(27)16(13)10-14/h4-5,10,12,15H,6-9,11H2,1-3H3,(H2,21,22,28). The molecule has 8 heteroatoms. The lowest BCUT2D eigenvalue weighted by atomic mass is 9.99.